The van der Waals surface area contributed by atoms with Crippen LogP contribution in [0, 0.1) is 0 Å². The smallest absolute Gasteiger partial charge is 0.678 e. The third-order valence-electron chi connectivity index (χ3n) is 3.36. The molecule has 0 aromatic rings. The molecule has 4 unspecified atom stereocenters. The number of rotatable bonds is 12. The first-order chi connectivity index (χ1) is 12.4. The van der Waals surface area contributed by atoms with E-state index in [0.717, 1.165) is 38.8 Å². The standard InChI is InChI=1S/2C9H20N2.2CHO.Ru/c2*1-5-7-10-9(4)11-8(3)6-2;2*1-2;/h2*8-9H,5-7H2,1-4H3;2*1H;/q2*-2;2*-1;+6. The van der Waals surface area contributed by atoms with Crippen molar-refractivity contribution in [2.45, 2.75) is 105 Å². The maximum Gasteiger partial charge on any atom is 6.00 e. The van der Waals surface area contributed by atoms with E-state index >= 15 is 0 Å². The van der Waals surface area contributed by atoms with Crippen LogP contribution in [0.1, 0.15) is 81.1 Å². The van der Waals surface area contributed by atoms with Crippen molar-refractivity contribution < 1.29 is 29.1 Å². The Hall–Kier alpha value is -0.197. The predicted octanol–water partition coefficient (Wildman–Crippen LogP) is 6.03. The molecule has 0 fully saturated rings. The minimum absolute atomic E-state index is 0. The summed E-state index contributed by atoms with van der Waals surface area (Å²) < 4.78 is 0. The first-order valence-corrected chi connectivity index (χ1v) is 9.61. The van der Waals surface area contributed by atoms with Gasteiger partial charge in [0, 0.05) is 0 Å². The van der Waals surface area contributed by atoms with Gasteiger partial charge in [-0.2, -0.15) is 13.1 Å². The molecular formula is C20H42N4O2Ru. The van der Waals surface area contributed by atoms with Gasteiger partial charge in [0.1, 0.15) is 0 Å². The van der Waals surface area contributed by atoms with Gasteiger partial charge in [-0.1, -0.05) is 67.2 Å². The fourth-order valence-corrected chi connectivity index (χ4v) is 1.67. The molecule has 0 saturated carbocycles. The van der Waals surface area contributed by atoms with E-state index in [1.54, 1.807) is 0 Å². The van der Waals surface area contributed by atoms with Gasteiger partial charge in [-0.3, -0.25) is 13.6 Å². The van der Waals surface area contributed by atoms with E-state index < -0.39 is 0 Å². The van der Waals surface area contributed by atoms with Crippen LogP contribution in [-0.2, 0) is 29.1 Å². The van der Waals surface area contributed by atoms with Crippen molar-refractivity contribution in [1.29, 1.82) is 0 Å². The Labute approximate surface area is 182 Å². The van der Waals surface area contributed by atoms with E-state index in [4.69, 9.17) is 9.59 Å². The van der Waals surface area contributed by atoms with E-state index in [9.17, 15) is 0 Å². The topological polar surface area (TPSA) is 90.5 Å². The molecule has 0 spiro atoms. The summed E-state index contributed by atoms with van der Waals surface area (Å²) in [5.74, 6) is 0. The van der Waals surface area contributed by atoms with Crippen LogP contribution in [0.2, 0.25) is 0 Å². The zero-order valence-corrected chi connectivity index (χ0v) is 20.4. The minimum Gasteiger partial charge on any atom is -0.678 e. The zero-order valence-electron chi connectivity index (χ0n) is 18.7. The Balaban J connectivity index is -0.0000000975. The van der Waals surface area contributed by atoms with Gasteiger partial charge in [0.25, 0.3) is 0 Å². The van der Waals surface area contributed by atoms with Crippen LogP contribution >= 0.6 is 0 Å². The molecule has 0 amide bonds. The summed E-state index contributed by atoms with van der Waals surface area (Å²) in [6.45, 7) is 25.4. The van der Waals surface area contributed by atoms with Gasteiger partial charge in [-0.15, -0.1) is 25.9 Å². The van der Waals surface area contributed by atoms with Gasteiger partial charge < -0.3 is 30.9 Å². The number of hydrogen-bond acceptors (Lipinski definition) is 2. The second-order valence-electron chi connectivity index (χ2n) is 5.89. The molecule has 0 aliphatic carbocycles. The summed E-state index contributed by atoms with van der Waals surface area (Å²) in [7, 11) is 0. The van der Waals surface area contributed by atoms with Crippen molar-refractivity contribution in [3.8, 4) is 0 Å². The van der Waals surface area contributed by atoms with Crippen LogP contribution in [0.3, 0.4) is 0 Å². The van der Waals surface area contributed by atoms with E-state index in [1.165, 1.54) is 0 Å². The molecule has 0 heterocycles. The van der Waals surface area contributed by atoms with Crippen LogP contribution in [0.4, 0.5) is 0 Å². The second-order valence-corrected chi connectivity index (χ2v) is 5.89. The summed E-state index contributed by atoms with van der Waals surface area (Å²) in [5, 5.41) is 17.7. The van der Waals surface area contributed by atoms with Crippen molar-refractivity contribution in [1.82, 2.24) is 0 Å². The Morgan fingerprint density at radius 1 is 0.630 bits per heavy atom. The number of nitrogens with zero attached hydrogens (tertiary/aromatic N) is 4. The summed E-state index contributed by atoms with van der Waals surface area (Å²) in [6, 6.07) is 0.927. The van der Waals surface area contributed by atoms with Gasteiger partial charge in [-0.25, -0.2) is 12.3 Å². The van der Waals surface area contributed by atoms with E-state index in [0.29, 0.717) is 12.1 Å². The monoisotopic (exact) mass is 472 g/mol. The summed E-state index contributed by atoms with van der Waals surface area (Å²) >= 11 is 0. The predicted molar refractivity (Wildman–Crippen MR) is 116 cm³/mol. The Bertz CT molecular complexity index is 228. The average Bonchev–Trinajstić information content (AvgIpc) is 2.68. The number of carbonyl (C=O) groups excluding carboxylic acids is 2. The van der Waals surface area contributed by atoms with Gasteiger partial charge in [-0.05, 0) is 0 Å². The molecule has 0 N–H and O–H groups in total. The molecule has 0 aliphatic rings. The van der Waals surface area contributed by atoms with Gasteiger partial charge in [0.05, 0.1) is 0 Å². The van der Waals surface area contributed by atoms with Crippen molar-refractivity contribution in [2.24, 2.45) is 0 Å². The van der Waals surface area contributed by atoms with Crippen LogP contribution < -0.4 is 0 Å². The fraction of sp³-hybridized carbons (Fsp3) is 0.900. The maximum absolute atomic E-state index is 7.75. The number of hydrogen-bond donors (Lipinski definition) is 0. The van der Waals surface area contributed by atoms with Crippen molar-refractivity contribution >= 4 is 13.6 Å². The molecule has 0 radical (unpaired) electrons. The second kappa shape index (κ2) is 33.4. The van der Waals surface area contributed by atoms with E-state index in [1.807, 2.05) is 0 Å². The van der Waals surface area contributed by atoms with Crippen molar-refractivity contribution in [3.63, 3.8) is 0 Å². The molecule has 0 aliphatic heterocycles. The fourth-order valence-electron chi connectivity index (χ4n) is 1.67. The van der Waals surface area contributed by atoms with Crippen molar-refractivity contribution in [3.05, 3.63) is 21.3 Å². The van der Waals surface area contributed by atoms with Crippen LogP contribution in [-0.4, -0.2) is 51.1 Å². The summed E-state index contributed by atoms with van der Waals surface area (Å²) in [4.78, 5) is 15.5. The van der Waals surface area contributed by atoms with E-state index in [-0.39, 0.29) is 31.8 Å². The van der Waals surface area contributed by atoms with Crippen molar-refractivity contribution in [2.75, 3.05) is 13.1 Å². The molecule has 0 aromatic carbocycles. The molecule has 0 aromatic heterocycles. The molecular weight excluding hydrogens is 429 g/mol. The normalized spacial score (nSPS) is 13.6. The first kappa shape index (κ1) is 37.5. The molecule has 0 saturated heterocycles. The SMILES string of the molecule is CCC[N-]C(C)[N-]C(C)CC.CCC[N-]C(C)[N-]C(C)CC.[CH-]=O.[CH-]=O.[Ru+6]. The van der Waals surface area contributed by atoms with Gasteiger partial charge >= 0.3 is 19.5 Å². The third-order valence-corrected chi connectivity index (χ3v) is 3.36. The largest absolute Gasteiger partial charge is 6.00 e. The summed E-state index contributed by atoms with van der Waals surface area (Å²) in [5.41, 5.74) is 0. The Morgan fingerprint density at radius 2 is 0.889 bits per heavy atom. The Kier molecular flexibility index (Phi) is 46.4. The van der Waals surface area contributed by atoms with Crippen LogP contribution in [0.25, 0.3) is 21.3 Å². The quantitative estimate of drug-likeness (QED) is 0.198. The van der Waals surface area contributed by atoms with Gasteiger partial charge in [0.2, 0.25) is 0 Å². The molecule has 7 heteroatoms. The summed E-state index contributed by atoms with van der Waals surface area (Å²) in [6.07, 6.45) is 4.88. The van der Waals surface area contributed by atoms with E-state index in [2.05, 4.69) is 90.2 Å². The molecule has 27 heavy (non-hydrogen) atoms. The molecule has 0 bridgehead atoms. The van der Waals surface area contributed by atoms with Crippen LogP contribution in [0.5, 0.6) is 0 Å². The molecule has 0 rings (SSSR count). The van der Waals surface area contributed by atoms with Crippen LogP contribution in [0.15, 0.2) is 0 Å². The zero-order chi connectivity index (χ0) is 21.4. The van der Waals surface area contributed by atoms with Gasteiger partial charge in [0.15, 0.2) is 0 Å². The third kappa shape index (κ3) is 37.3. The maximum atomic E-state index is 7.75. The molecule has 4 atom stereocenters. The first-order valence-electron chi connectivity index (χ1n) is 9.61. The minimum atomic E-state index is 0. The molecule has 162 valence electrons. The molecule has 6 nitrogen and oxygen atoms in total. The Morgan fingerprint density at radius 3 is 1.07 bits per heavy atom. The average molecular weight is 472 g/mol.